The minimum absolute atomic E-state index is 0. The summed E-state index contributed by atoms with van der Waals surface area (Å²) in [5.74, 6) is 0. The maximum Gasteiger partial charge on any atom is 3.00 e. The standard InChI is InChI=1S/12CN.2Fe.4K.3H3N/c12*1-2;;;;;;;;;/h;;;;;;;;;;;;;;;;;;3*1H3/q12*-1;+2;+3;4*+1;;;/p+3. The van der Waals surface area contributed by atoms with E-state index in [4.69, 9.17) is 142 Å². The number of nitrogens with zero attached hydrogens (tertiary/aromatic N) is 12. The molecule has 0 aromatic heterocycles. The van der Waals surface area contributed by atoms with Crippen molar-refractivity contribution in [2.75, 3.05) is 0 Å². The van der Waals surface area contributed by atoms with Crippen molar-refractivity contribution in [1.29, 1.82) is 63.1 Å². The first kappa shape index (κ1) is 214. The maximum absolute atomic E-state index is 6.25. The average molecular weight is 634 g/mol. The van der Waals surface area contributed by atoms with E-state index in [1.807, 2.05) is 0 Å². The van der Waals surface area contributed by atoms with Crippen molar-refractivity contribution < 1.29 is 240 Å². The van der Waals surface area contributed by atoms with Crippen LogP contribution in [0.15, 0.2) is 0 Å². The van der Waals surface area contributed by atoms with Crippen LogP contribution in [0.1, 0.15) is 0 Å². The van der Waals surface area contributed by atoms with E-state index in [1.54, 1.807) is 0 Å². The molecule has 0 atom stereocenters. The second kappa shape index (κ2) is 19300. The number of hydrogen-bond donors (Lipinski definition) is 3. The molecule has 0 aliphatic rings. The Balaban J connectivity index is -0.00000000244. The topological polar surface area (TPSA) is 395 Å². The number of quaternary nitrogens is 3. The van der Waals surface area contributed by atoms with Crippen LogP contribution in [0.2, 0.25) is 0 Å². The fraction of sp³-hybridized carbons (Fsp3) is 0. The fourth-order valence-electron chi connectivity index (χ4n) is 0. The molecule has 0 aliphatic carbocycles. The third-order valence-electron chi connectivity index (χ3n) is 0. The molecule has 0 spiro atoms. The van der Waals surface area contributed by atoms with E-state index in [0.717, 1.165) is 0 Å². The van der Waals surface area contributed by atoms with Crippen molar-refractivity contribution >= 4 is 0 Å². The number of hydrogen-bond acceptors (Lipinski definition) is 12. The summed E-state index contributed by atoms with van der Waals surface area (Å²) in [7, 11) is 0. The van der Waals surface area contributed by atoms with Gasteiger partial charge in [-0.05, 0) is 0 Å². The maximum atomic E-state index is 6.25. The molecule has 12 N–H and O–H groups in total. The first-order valence-corrected chi connectivity index (χ1v) is 2.68. The molecule has 1 radical (unpaired) electrons. The van der Waals surface area contributed by atoms with Crippen molar-refractivity contribution in [3.8, 4) is 0 Å². The molecule has 0 bridgehead atoms. The van der Waals surface area contributed by atoms with E-state index in [-0.39, 0.29) is 258 Å². The molecule has 15 nitrogen and oxygen atoms in total. The third-order valence-corrected chi connectivity index (χ3v) is 0. The predicted molar refractivity (Wildman–Crippen MR) is 77.6 cm³/mol. The van der Waals surface area contributed by atoms with Crippen LogP contribution in [0.25, 0.3) is 0 Å². The summed E-state index contributed by atoms with van der Waals surface area (Å²) in [6.45, 7) is 57.0. The molecule has 0 aromatic carbocycles. The third kappa shape index (κ3) is 18100. The molecular formula is C12H12Fe2K4N15. The predicted octanol–water partition coefficient (Wildman–Crippen LogP) is -9.70. The van der Waals surface area contributed by atoms with Gasteiger partial charge in [-0.1, -0.05) is 0 Å². The summed E-state index contributed by atoms with van der Waals surface area (Å²) >= 11 is 0. The number of rotatable bonds is 0. The van der Waals surface area contributed by atoms with Gasteiger partial charge in [-0.3, -0.25) is 0 Å². The first-order valence-electron chi connectivity index (χ1n) is 2.68. The molecule has 0 rings (SSSR count). The van der Waals surface area contributed by atoms with Crippen LogP contribution in [0.4, 0.5) is 0 Å². The smallest absolute Gasteiger partial charge is 0.512 e. The Hall–Kier alpha value is 1.34. The van der Waals surface area contributed by atoms with Crippen LogP contribution in [0.3, 0.4) is 0 Å². The molecule has 155 valence electrons. The van der Waals surface area contributed by atoms with E-state index >= 15 is 0 Å². The quantitative estimate of drug-likeness (QED) is 0.165. The van der Waals surface area contributed by atoms with Crippen molar-refractivity contribution in [1.82, 2.24) is 18.5 Å². The molecule has 0 heterocycles. The molecular weight excluding hydrogens is 622 g/mol. The van der Waals surface area contributed by atoms with Crippen molar-refractivity contribution in [3.05, 3.63) is 78.9 Å². The Morgan fingerprint density at radius 2 is 0.212 bits per heavy atom. The van der Waals surface area contributed by atoms with Gasteiger partial charge in [-0.15, -0.1) is 0 Å². The second-order valence-electron chi connectivity index (χ2n) is 0. The average Bonchev–Trinajstić information content (AvgIpc) is 2.84. The molecule has 0 saturated carbocycles. The zero-order chi connectivity index (χ0) is 24.0. The minimum atomic E-state index is 0. The van der Waals surface area contributed by atoms with Gasteiger partial charge in [0.05, 0.1) is 0 Å². The molecule has 33 heavy (non-hydrogen) atoms. The fourth-order valence-corrected chi connectivity index (χ4v) is 0. The minimum Gasteiger partial charge on any atom is -0.512 e. The van der Waals surface area contributed by atoms with Crippen molar-refractivity contribution in [2.24, 2.45) is 0 Å². The van der Waals surface area contributed by atoms with Crippen molar-refractivity contribution in [3.63, 3.8) is 0 Å². The summed E-state index contributed by atoms with van der Waals surface area (Å²) in [5.41, 5.74) is 0. The second-order valence-corrected chi connectivity index (χ2v) is 0. The Morgan fingerprint density at radius 1 is 0.212 bits per heavy atom. The molecule has 0 saturated heterocycles. The summed E-state index contributed by atoms with van der Waals surface area (Å²) in [6.07, 6.45) is 0. The van der Waals surface area contributed by atoms with Gasteiger partial charge >= 0.3 is 240 Å². The van der Waals surface area contributed by atoms with E-state index in [1.165, 1.54) is 0 Å². The van der Waals surface area contributed by atoms with Crippen LogP contribution in [-0.2, 0) is 34.1 Å². The SMILES string of the molecule is [C-]#N.[C-]#N.[C-]#N.[C-]#N.[C-]#N.[C-]#N.[C-]#N.[C-]#N.[C-]#N.[C-]#N.[C-]#N.[C-]#N.[Fe+2].[Fe+3].[K+].[K+].[K+].[K+].[NH4+].[NH4+].[NH4+]. The van der Waals surface area contributed by atoms with E-state index in [0.29, 0.717) is 0 Å². The van der Waals surface area contributed by atoms with Gasteiger partial charge in [0.2, 0.25) is 0 Å². The van der Waals surface area contributed by atoms with Crippen molar-refractivity contribution in [2.45, 2.75) is 0 Å². The van der Waals surface area contributed by atoms with Gasteiger partial charge in [-0.25, -0.2) is 0 Å². The zero-order valence-electron chi connectivity index (χ0n) is 19.1. The summed E-state index contributed by atoms with van der Waals surface area (Å²) in [6, 6.07) is 0. The Morgan fingerprint density at radius 3 is 0.212 bits per heavy atom. The van der Waals surface area contributed by atoms with Crippen LogP contribution in [0, 0.1) is 142 Å². The van der Waals surface area contributed by atoms with Gasteiger partial charge < -0.3 is 160 Å². The summed E-state index contributed by atoms with van der Waals surface area (Å²) in [4.78, 5) is 0. The van der Waals surface area contributed by atoms with Gasteiger partial charge in [0.15, 0.2) is 0 Å². The van der Waals surface area contributed by atoms with Crippen LogP contribution >= 0.6 is 0 Å². The van der Waals surface area contributed by atoms with E-state index in [2.05, 4.69) is 0 Å². The molecule has 0 fully saturated rings. The van der Waals surface area contributed by atoms with Gasteiger partial charge in [-0.2, -0.15) is 0 Å². The Kier molecular flexibility index (Phi) is 125000. The van der Waals surface area contributed by atoms with Gasteiger partial charge in [0.25, 0.3) is 0 Å². The molecule has 21 heteroatoms. The molecule has 0 amide bonds. The Bertz CT molecular complexity index is 241. The van der Waals surface area contributed by atoms with Crippen LogP contribution in [0.5, 0.6) is 0 Å². The van der Waals surface area contributed by atoms with Gasteiger partial charge in [0.1, 0.15) is 0 Å². The molecule has 0 aromatic rings. The van der Waals surface area contributed by atoms with E-state index in [9.17, 15) is 0 Å². The normalized spacial score (nSPS) is 0.727. The monoisotopic (exact) mass is 634 g/mol. The summed E-state index contributed by atoms with van der Waals surface area (Å²) in [5, 5.41) is 75.0. The van der Waals surface area contributed by atoms with Gasteiger partial charge in [0, 0.05) is 0 Å². The molecule has 0 unspecified atom stereocenters. The summed E-state index contributed by atoms with van der Waals surface area (Å²) < 4.78 is 0. The van der Waals surface area contributed by atoms with E-state index < -0.39 is 0 Å². The zero-order valence-corrected chi connectivity index (χ0v) is 33.8. The molecule has 0 aliphatic heterocycles. The Labute approximate surface area is 390 Å². The largest absolute Gasteiger partial charge is 3.00 e. The van der Waals surface area contributed by atoms with Crippen LogP contribution in [-0.4, -0.2) is 0 Å². The first-order chi connectivity index (χ1) is 12.0. The van der Waals surface area contributed by atoms with Crippen LogP contribution < -0.4 is 224 Å².